The second-order valence-electron chi connectivity index (χ2n) is 14.1. The fourth-order valence-corrected chi connectivity index (χ4v) is 8.60. The largest absolute Gasteiger partial charge is 0.491 e. The summed E-state index contributed by atoms with van der Waals surface area (Å²) in [5.74, 6) is -5.80. The van der Waals surface area contributed by atoms with Gasteiger partial charge in [0.15, 0.2) is 0 Å². The van der Waals surface area contributed by atoms with E-state index in [1.165, 1.54) is 13.2 Å². The molecule has 13 nitrogen and oxygen atoms in total. The van der Waals surface area contributed by atoms with Gasteiger partial charge in [-0.15, -0.1) is 0 Å². The van der Waals surface area contributed by atoms with Gasteiger partial charge in [0.05, 0.1) is 31.5 Å². The number of nitrogens with one attached hydrogen (secondary N) is 1. The number of aliphatic hydroxyl groups is 1. The lowest BCUT2D eigenvalue weighted by molar-refractivity contribution is -0.179. The first-order chi connectivity index (χ1) is 26.6. The molecule has 3 aliphatic heterocycles. The fraction of sp³-hybridized carbons (Fsp3) is 0.310. The number of amides is 3. The Morgan fingerprint density at radius 2 is 1.49 bits per heavy atom. The summed E-state index contributed by atoms with van der Waals surface area (Å²) in [5.41, 5.74) is -0.0398. The number of aliphatic hydroxyl groups excluding tert-OH is 1. The van der Waals surface area contributed by atoms with Crippen LogP contribution in [0, 0.1) is 11.8 Å². The highest BCUT2D eigenvalue weighted by Gasteiger charge is 2.76. The molecule has 7 atom stereocenters. The number of methoxy groups -OCH3 is 1. The van der Waals surface area contributed by atoms with Crippen molar-refractivity contribution in [1.82, 2.24) is 10.2 Å². The van der Waals surface area contributed by atoms with Crippen LogP contribution in [-0.4, -0.2) is 77.4 Å². The van der Waals surface area contributed by atoms with Gasteiger partial charge in [-0.25, -0.2) is 14.5 Å². The monoisotopic (exact) mass is 747 g/mol. The number of carbonyl (C=O) groups is 5. The second-order valence-corrected chi connectivity index (χ2v) is 14.1. The zero-order valence-corrected chi connectivity index (χ0v) is 30.4. The summed E-state index contributed by atoms with van der Waals surface area (Å²) in [5, 5.41) is 23.5. The Bertz CT molecular complexity index is 2110. The van der Waals surface area contributed by atoms with Gasteiger partial charge in [-0.3, -0.25) is 19.3 Å². The summed E-state index contributed by atoms with van der Waals surface area (Å²) >= 11 is 0. The Morgan fingerprint density at radius 3 is 2.13 bits per heavy atom. The van der Waals surface area contributed by atoms with E-state index in [1.54, 1.807) is 61.2 Å². The molecule has 7 unspecified atom stereocenters. The van der Waals surface area contributed by atoms with Crippen molar-refractivity contribution in [3.05, 3.63) is 131 Å². The van der Waals surface area contributed by atoms with Gasteiger partial charge in [0, 0.05) is 0 Å². The average molecular weight is 748 g/mol. The minimum absolute atomic E-state index is 0.0364. The number of nitrogens with zero attached hydrogens (tertiary/aromatic N) is 2. The lowest BCUT2D eigenvalue weighted by Crippen LogP contribution is -2.56. The number of rotatable bonds is 10. The Kier molecular flexibility index (Phi) is 10.2. The van der Waals surface area contributed by atoms with E-state index in [1.807, 2.05) is 60.7 Å². The van der Waals surface area contributed by atoms with Crippen molar-refractivity contribution in [3.8, 4) is 5.75 Å². The van der Waals surface area contributed by atoms with Crippen LogP contribution < -0.4 is 15.0 Å². The molecule has 3 N–H and O–H groups in total. The molecule has 0 aliphatic carbocycles. The molecule has 3 amide bonds. The van der Waals surface area contributed by atoms with E-state index in [9.17, 15) is 29.4 Å². The molecule has 2 fully saturated rings. The maximum absolute atomic E-state index is 15.7. The van der Waals surface area contributed by atoms with Crippen molar-refractivity contribution >= 4 is 35.5 Å². The Morgan fingerprint density at radius 1 is 0.855 bits per heavy atom. The summed E-state index contributed by atoms with van der Waals surface area (Å²) in [7, 11) is 1.19. The van der Waals surface area contributed by atoms with E-state index in [-0.39, 0.29) is 24.5 Å². The van der Waals surface area contributed by atoms with E-state index in [0.29, 0.717) is 22.4 Å². The van der Waals surface area contributed by atoms with Crippen LogP contribution in [0.4, 0.5) is 10.5 Å². The van der Waals surface area contributed by atoms with Crippen LogP contribution in [0.1, 0.15) is 54.3 Å². The number of cyclic esters (lactones) is 1. The van der Waals surface area contributed by atoms with Crippen molar-refractivity contribution < 1.29 is 48.4 Å². The number of esters is 2. The lowest BCUT2D eigenvalue weighted by atomic mass is 9.65. The van der Waals surface area contributed by atoms with Gasteiger partial charge in [0.25, 0.3) is 0 Å². The molecular formula is C42H41N3O10. The van der Waals surface area contributed by atoms with Gasteiger partial charge in [0.1, 0.15) is 41.9 Å². The topological polar surface area (TPSA) is 172 Å². The predicted octanol–water partition coefficient (Wildman–Crippen LogP) is 4.72. The molecule has 13 heteroatoms. The molecule has 4 aromatic rings. The highest BCUT2D eigenvalue weighted by atomic mass is 16.6. The van der Waals surface area contributed by atoms with E-state index in [0.717, 1.165) is 4.90 Å². The number of para-hydroxylation sites is 1. The maximum atomic E-state index is 15.7. The van der Waals surface area contributed by atoms with E-state index >= 15 is 4.79 Å². The third kappa shape index (κ3) is 6.09. The van der Waals surface area contributed by atoms with Crippen LogP contribution in [0.25, 0.3) is 0 Å². The number of morpholine rings is 1. The zero-order chi connectivity index (χ0) is 39.0. The molecule has 2 saturated heterocycles. The minimum atomic E-state index is -2.11. The number of imide groups is 1. The zero-order valence-electron chi connectivity index (χ0n) is 30.4. The molecule has 55 heavy (non-hydrogen) atoms. The van der Waals surface area contributed by atoms with Crippen molar-refractivity contribution in [2.45, 2.75) is 49.5 Å². The van der Waals surface area contributed by atoms with Crippen molar-refractivity contribution in [1.29, 1.82) is 0 Å². The van der Waals surface area contributed by atoms with Gasteiger partial charge >= 0.3 is 23.9 Å². The first-order valence-electron chi connectivity index (χ1n) is 18.0. The molecule has 3 aliphatic rings. The summed E-state index contributed by atoms with van der Waals surface area (Å²) in [6.07, 6.45) is -0.939. The number of ether oxygens (including phenoxy) is 3. The van der Waals surface area contributed by atoms with Gasteiger partial charge in [-0.1, -0.05) is 105 Å². The van der Waals surface area contributed by atoms with Crippen LogP contribution in [0.2, 0.25) is 0 Å². The quantitative estimate of drug-likeness (QED) is 0.192. The molecular weight excluding hydrogens is 706 g/mol. The van der Waals surface area contributed by atoms with Crippen LogP contribution >= 0.6 is 0 Å². The molecule has 284 valence electrons. The first-order valence-corrected chi connectivity index (χ1v) is 18.0. The summed E-state index contributed by atoms with van der Waals surface area (Å²) in [4.78, 5) is 74.0. The summed E-state index contributed by atoms with van der Waals surface area (Å²) in [6.45, 7) is 3.11. The molecule has 7 rings (SSSR count). The van der Waals surface area contributed by atoms with Crippen LogP contribution in [0.15, 0.2) is 109 Å². The van der Waals surface area contributed by atoms with Gasteiger partial charge in [-0.05, 0) is 46.4 Å². The van der Waals surface area contributed by atoms with Crippen molar-refractivity contribution in [3.63, 3.8) is 0 Å². The van der Waals surface area contributed by atoms with E-state index < -0.39 is 77.4 Å². The molecule has 0 bridgehead atoms. The Labute approximate surface area is 317 Å². The van der Waals surface area contributed by atoms with Crippen LogP contribution in [-0.2, 0) is 34.1 Å². The molecule has 3 heterocycles. The maximum Gasteiger partial charge on any atom is 0.329 e. The predicted molar refractivity (Wildman–Crippen MR) is 198 cm³/mol. The molecule has 4 aromatic carbocycles. The first kappa shape index (κ1) is 37.3. The number of hydrogen-bond acceptors (Lipinski definition) is 10. The van der Waals surface area contributed by atoms with Crippen LogP contribution in [0.5, 0.6) is 5.75 Å². The SMILES string of the molecule is COC(=O)C(NC(=O)N1C(=O)C2(c3ccccc31)C(C(=O)O)C1C(=O)OC(c3ccccc3)C(c3ccccc3)N1C2c1cccc(OCCO)c1)C(C)C. The highest BCUT2D eigenvalue weighted by molar-refractivity contribution is 6.24. The number of benzene rings is 4. The minimum Gasteiger partial charge on any atom is -0.491 e. The number of urea groups is 1. The third-order valence-corrected chi connectivity index (χ3v) is 10.8. The van der Waals surface area contributed by atoms with Gasteiger partial charge in [0.2, 0.25) is 5.91 Å². The fourth-order valence-electron chi connectivity index (χ4n) is 8.60. The normalized spacial score (nSPS) is 24.9. The number of carbonyl (C=O) groups excluding carboxylic acids is 4. The van der Waals surface area contributed by atoms with Crippen LogP contribution in [0.3, 0.4) is 0 Å². The third-order valence-electron chi connectivity index (χ3n) is 10.8. The number of hydrogen-bond donors (Lipinski definition) is 3. The molecule has 1 spiro atoms. The number of carboxylic acid groups (broad SMARTS) is 1. The number of anilines is 1. The molecule has 0 saturated carbocycles. The van der Waals surface area contributed by atoms with Crippen molar-refractivity contribution in [2.75, 3.05) is 25.2 Å². The molecule has 0 radical (unpaired) electrons. The summed E-state index contributed by atoms with van der Waals surface area (Å²) < 4.78 is 17.0. The van der Waals surface area contributed by atoms with Crippen molar-refractivity contribution in [2.24, 2.45) is 11.8 Å². The van der Waals surface area contributed by atoms with Gasteiger partial charge < -0.3 is 29.7 Å². The highest BCUT2D eigenvalue weighted by Crippen LogP contribution is 2.65. The average Bonchev–Trinajstić information content (AvgIpc) is 3.66. The number of carboxylic acids is 1. The number of aliphatic carboxylic acids is 1. The van der Waals surface area contributed by atoms with Gasteiger partial charge in [-0.2, -0.15) is 0 Å². The Balaban J connectivity index is 1.52. The van der Waals surface area contributed by atoms with E-state index in [2.05, 4.69) is 5.32 Å². The Hall–Kier alpha value is -6.05. The summed E-state index contributed by atoms with van der Waals surface area (Å²) in [6, 6.07) is 25.8. The smallest absolute Gasteiger partial charge is 0.329 e. The second kappa shape index (κ2) is 15.0. The standard InChI is InChI=1S/C42H41N3O10/c1-24(2)32(38(49)53-3)43-41(52)44-30-20-11-10-19-29(30)42(40(44)51)31(37(47)48)34-39(50)55-35(26-15-8-5-9-16-26)33(25-13-6-4-7-14-25)45(34)36(42)27-17-12-18-28(23-27)54-22-21-46/h4-20,23-24,31-36,46H,21-22H2,1-3H3,(H,43,52)(H,47,48). The molecule has 0 aromatic heterocycles. The van der Waals surface area contributed by atoms with E-state index in [4.69, 9.17) is 14.2 Å². The lowest BCUT2D eigenvalue weighted by Gasteiger charge is -2.46. The number of fused-ring (bicyclic) bond motifs is 3.